The molecule has 0 spiro atoms. The zero-order chi connectivity index (χ0) is 16.8. The molecule has 3 rings (SSSR count). The molecule has 1 unspecified atom stereocenters. The van der Waals surface area contributed by atoms with E-state index in [2.05, 4.69) is 20.2 Å². The number of nitrogens with zero attached hydrogens (tertiary/aromatic N) is 4. The summed E-state index contributed by atoms with van der Waals surface area (Å²) in [7, 11) is -1.88. The van der Waals surface area contributed by atoms with Crippen LogP contribution in [0.4, 0.5) is 0 Å². The molecular weight excluding hydrogens is 318 g/mol. The van der Waals surface area contributed by atoms with Crippen molar-refractivity contribution in [3.8, 4) is 0 Å². The summed E-state index contributed by atoms with van der Waals surface area (Å²) in [4.78, 5) is 0. The molecule has 2 aromatic rings. The van der Waals surface area contributed by atoms with E-state index < -0.39 is 10.0 Å². The van der Waals surface area contributed by atoms with Gasteiger partial charge in [-0.05, 0) is 12.8 Å². The average Bonchev–Trinajstić information content (AvgIpc) is 3.06. The van der Waals surface area contributed by atoms with E-state index in [9.17, 15) is 8.42 Å². The van der Waals surface area contributed by atoms with E-state index in [0.717, 1.165) is 17.8 Å². The number of rotatable bonds is 3. The molecule has 0 saturated heterocycles. The Hall–Kier alpha value is -1.74. The normalized spacial score (nSPS) is 18.9. The summed E-state index contributed by atoms with van der Waals surface area (Å²) in [5.41, 5.74) is 2.25. The first-order chi connectivity index (χ1) is 10.7. The third-order valence-electron chi connectivity index (χ3n) is 4.04. The molecule has 2 aromatic heterocycles. The maximum Gasteiger partial charge on any atom is 0.277 e. The van der Waals surface area contributed by atoms with Crippen LogP contribution in [-0.4, -0.2) is 34.6 Å². The molecule has 9 heteroatoms. The largest absolute Gasteiger partial charge is 0.343 e. The summed E-state index contributed by atoms with van der Waals surface area (Å²) in [5.74, 6) is 0. The van der Waals surface area contributed by atoms with Crippen molar-refractivity contribution in [3.63, 3.8) is 0 Å². The van der Waals surface area contributed by atoms with E-state index in [-0.39, 0.29) is 16.5 Å². The Balaban J connectivity index is 1.76. The van der Waals surface area contributed by atoms with Gasteiger partial charge in [-0.3, -0.25) is 4.68 Å². The second-order valence-electron chi connectivity index (χ2n) is 6.95. The first-order valence-corrected chi connectivity index (χ1v) is 9.02. The highest BCUT2D eigenvalue weighted by molar-refractivity contribution is 7.89. The summed E-state index contributed by atoms with van der Waals surface area (Å²) in [6.45, 7) is 5.85. The van der Waals surface area contributed by atoms with Gasteiger partial charge in [-0.25, -0.2) is 13.1 Å². The molecule has 0 aromatic carbocycles. The van der Waals surface area contributed by atoms with Crippen LogP contribution in [0.3, 0.4) is 0 Å². The lowest BCUT2D eigenvalue weighted by Crippen LogP contribution is -2.39. The van der Waals surface area contributed by atoms with Crippen LogP contribution in [0, 0.1) is 0 Å². The molecule has 23 heavy (non-hydrogen) atoms. The number of hydrogen-bond donors (Lipinski definition) is 1. The van der Waals surface area contributed by atoms with Gasteiger partial charge >= 0.3 is 0 Å². The average molecular weight is 339 g/mol. The molecule has 0 amide bonds. The highest BCUT2D eigenvalue weighted by Crippen LogP contribution is 2.25. The highest BCUT2D eigenvalue weighted by atomic mass is 32.2. The molecule has 1 aliphatic carbocycles. The lowest BCUT2D eigenvalue weighted by molar-refractivity contribution is 0.323. The second-order valence-corrected chi connectivity index (χ2v) is 8.59. The van der Waals surface area contributed by atoms with Gasteiger partial charge in [0.2, 0.25) is 0 Å². The minimum Gasteiger partial charge on any atom is -0.343 e. The number of hydrogen-bond acceptors (Lipinski definition) is 6. The molecule has 0 bridgehead atoms. The molecule has 8 nitrogen and oxygen atoms in total. The molecular formula is C14H21N5O3S. The standard InChI is InChI=1S/C14H21N5O3S/c1-14(2,3)12-8-13(22-16-12)23(20,21)17-9-5-6-11-10(7-9)15-18-19(11)4/h8-9,17H,5-7H2,1-4H3. The van der Waals surface area contributed by atoms with Crippen LogP contribution < -0.4 is 4.72 Å². The zero-order valence-electron chi connectivity index (χ0n) is 13.7. The number of aromatic nitrogens is 4. The molecule has 126 valence electrons. The Morgan fingerprint density at radius 2 is 2.13 bits per heavy atom. The van der Waals surface area contributed by atoms with Gasteiger partial charge in [0.1, 0.15) is 0 Å². The van der Waals surface area contributed by atoms with Gasteiger partial charge < -0.3 is 4.52 Å². The minimum atomic E-state index is -3.73. The fourth-order valence-electron chi connectivity index (χ4n) is 2.65. The van der Waals surface area contributed by atoms with E-state index in [1.54, 1.807) is 4.68 Å². The fourth-order valence-corrected chi connectivity index (χ4v) is 3.81. The lowest BCUT2D eigenvalue weighted by Gasteiger charge is -2.21. The van der Waals surface area contributed by atoms with Crippen molar-refractivity contribution < 1.29 is 12.9 Å². The minimum absolute atomic E-state index is 0.146. The van der Waals surface area contributed by atoms with E-state index in [0.29, 0.717) is 18.5 Å². The van der Waals surface area contributed by atoms with Gasteiger partial charge in [0.05, 0.1) is 17.1 Å². The van der Waals surface area contributed by atoms with Crippen molar-refractivity contribution in [3.05, 3.63) is 23.1 Å². The summed E-state index contributed by atoms with van der Waals surface area (Å²) in [6, 6.07) is 1.27. The van der Waals surface area contributed by atoms with Gasteiger partial charge in [-0.2, -0.15) is 0 Å². The number of aryl methyl sites for hydroxylation is 1. The van der Waals surface area contributed by atoms with Gasteiger partial charge in [-0.1, -0.05) is 31.1 Å². The Morgan fingerprint density at radius 3 is 2.78 bits per heavy atom. The van der Waals surface area contributed by atoms with E-state index in [4.69, 9.17) is 4.52 Å². The van der Waals surface area contributed by atoms with Gasteiger partial charge in [-0.15, -0.1) is 5.10 Å². The predicted molar refractivity (Wildman–Crippen MR) is 82.3 cm³/mol. The second kappa shape index (κ2) is 5.41. The van der Waals surface area contributed by atoms with Gasteiger partial charge in [0.25, 0.3) is 15.1 Å². The van der Waals surface area contributed by atoms with Crippen molar-refractivity contribution in [2.75, 3.05) is 0 Å². The van der Waals surface area contributed by atoms with Crippen LogP contribution in [0.5, 0.6) is 0 Å². The fraction of sp³-hybridized carbons (Fsp3) is 0.643. The highest BCUT2D eigenvalue weighted by Gasteiger charge is 2.30. The first-order valence-electron chi connectivity index (χ1n) is 7.54. The van der Waals surface area contributed by atoms with E-state index in [1.807, 2.05) is 27.8 Å². The Morgan fingerprint density at radius 1 is 1.39 bits per heavy atom. The van der Waals surface area contributed by atoms with Crippen molar-refractivity contribution in [1.29, 1.82) is 0 Å². The topological polar surface area (TPSA) is 103 Å². The maximum atomic E-state index is 12.5. The van der Waals surface area contributed by atoms with Gasteiger partial charge in [0, 0.05) is 31.0 Å². The maximum absolute atomic E-state index is 12.5. The third kappa shape index (κ3) is 3.16. The predicted octanol–water partition coefficient (Wildman–Crippen LogP) is 0.936. The monoisotopic (exact) mass is 339 g/mol. The first kappa shape index (κ1) is 16.1. The molecule has 1 atom stereocenters. The Kier molecular flexibility index (Phi) is 3.80. The summed E-state index contributed by atoms with van der Waals surface area (Å²) in [5, 5.41) is 11.8. The van der Waals surface area contributed by atoms with Crippen molar-refractivity contribution in [2.45, 2.75) is 56.6 Å². The smallest absolute Gasteiger partial charge is 0.277 e. The molecule has 0 radical (unpaired) electrons. The number of fused-ring (bicyclic) bond motifs is 1. The van der Waals surface area contributed by atoms with Crippen LogP contribution in [0.2, 0.25) is 0 Å². The van der Waals surface area contributed by atoms with E-state index >= 15 is 0 Å². The Bertz CT molecular complexity index is 816. The van der Waals surface area contributed by atoms with Crippen LogP contribution >= 0.6 is 0 Å². The van der Waals surface area contributed by atoms with Crippen molar-refractivity contribution in [2.24, 2.45) is 7.05 Å². The Labute approximate surface area is 135 Å². The van der Waals surface area contributed by atoms with Gasteiger partial charge in [0.15, 0.2) is 0 Å². The summed E-state index contributed by atoms with van der Waals surface area (Å²) < 4.78 is 34.4. The SMILES string of the molecule is Cn1nnc2c1CCC(NS(=O)(=O)c1cc(C(C)(C)C)no1)C2. The molecule has 0 fully saturated rings. The molecule has 1 N–H and O–H groups in total. The third-order valence-corrected chi connectivity index (χ3v) is 5.40. The van der Waals surface area contributed by atoms with Crippen molar-refractivity contribution in [1.82, 2.24) is 24.9 Å². The van der Waals surface area contributed by atoms with Crippen LogP contribution in [0.15, 0.2) is 15.7 Å². The molecule has 2 heterocycles. The molecule has 1 aliphatic rings. The number of sulfonamides is 1. The van der Waals surface area contributed by atoms with E-state index in [1.165, 1.54) is 6.07 Å². The van der Waals surface area contributed by atoms with Crippen LogP contribution in [-0.2, 0) is 35.3 Å². The molecule has 0 saturated carbocycles. The summed E-state index contributed by atoms with van der Waals surface area (Å²) in [6.07, 6.45) is 1.98. The molecule has 0 aliphatic heterocycles. The summed E-state index contributed by atoms with van der Waals surface area (Å²) >= 11 is 0. The lowest BCUT2D eigenvalue weighted by atomic mass is 9.93. The number of nitrogens with one attached hydrogen (secondary N) is 1. The van der Waals surface area contributed by atoms with Crippen LogP contribution in [0.25, 0.3) is 0 Å². The van der Waals surface area contributed by atoms with Crippen molar-refractivity contribution >= 4 is 10.0 Å². The van der Waals surface area contributed by atoms with Crippen LogP contribution in [0.1, 0.15) is 44.3 Å². The quantitative estimate of drug-likeness (QED) is 0.892. The zero-order valence-corrected chi connectivity index (χ0v) is 14.5.